The third-order valence-electron chi connectivity index (χ3n) is 6.72. The van der Waals surface area contributed by atoms with Crippen molar-refractivity contribution in [3.63, 3.8) is 0 Å². The lowest BCUT2D eigenvalue weighted by molar-refractivity contribution is -0.122. The van der Waals surface area contributed by atoms with E-state index in [1.807, 2.05) is 48.5 Å². The van der Waals surface area contributed by atoms with Gasteiger partial charge in [0.2, 0.25) is 5.91 Å². The van der Waals surface area contributed by atoms with Gasteiger partial charge in [0, 0.05) is 31.5 Å². The maximum Gasteiger partial charge on any atom is 0.410 e. The monoisotopic (exact) mass is 474 g/mol. The highest BCUT2D eigenvalue weighted by Gasteiger charge is 2.39. The van der Waals surface area contributed by atoms with Gasteiger partial charge in [-0.2, -0.15) is 0 Å². The number of carbonyl (C=O) groups is 2. The van der Waals surface area contributed by atoms with Crippen molar-refractivity contribution in [1.82, 2.24) is 10.2 Å². The molecule has 1 aliphatic rings. The number of halogens is 1. The van der Waals surface area contributed by atoms with Gasteiger partial charge >= 0.3 is 6.09 Å². The first-order valence-electron chi connectivity index (χ1n) is 12.1. The lowest BCUT2D eigenvalue weighted by Crippen LogP contribution is -2.47. The fourth-order valence-corrected chi connectivity index (χ4v) is 4.65. The molecule has 3 aromatic carbocycles. The van der Waals surface area contributed by atoms with E-state index in [1.54, 1.807) is 17.0 Å². The molecule has 1 fully saturated rings. The fourth-order valence-electron chi connectivity index (χ4n) is 4.65. The Balaban J connectivity index is 1.33. The maximum atomic E-state index is 13.1. The third kappa shape index (κ3) is 6.69. The highest BCUT2D eigenvalue weighted by atomic mass is 19.1. The number of nitrogens with zero attached hydrogens (tertiary/aromatic N) is 1. The van der Waals surface area contributed by atoms with Crippen LogP contribution in [0.25, 0.3) is 0 Å². The molecule has 182 valence electrons. The van der Waals surface area contributed by atoms with Crippen LogP contribution >= 0.6 is 0 Å². The molecule has 4 rings (SSSR count). The number of rotatable bonds is 8. The van der Waals surface area contributed by atoms with Crippen LogP contribution in [0.2, 0.25) is 0 Å². The van der Waals surface area contributed by atoms with Crippen LogP contribution in [-0.4, -0.2) is 36.5 Å². The Bertz CT molecular complexity index is 1100. The summed E-state index contributed by atoms with van der Waals surface area (Å²) >= 11 is 0. The summed E-state index contributed by atoms with van der Waals surface area (Å²) in [6, 6.07) is 26.0. The molecule has 0 radical (unpaired) electrons. The number of hydrogen-bond acceptors (Lipinski definition) is 3. The topological polar surface area (TPSA) is 58.6 Å². The van der Waals surface area contributed by atoms with Gasteiger partial charge in [-0.25, -0.2) is 9.18 Å². The number of ether oxygens (including phenoxy) is 1. The Labute approximate surface area is 205 Å². The van der Waals surface area contributed by atoms with Gasteiger partial charge < -0.3 is 15.0 Å². The minimum atomic E-state index is -0.336. The van der Waals surface area contributed by atoms with Crippen LogP contribution in [0, 0.1) is 5.82 Å². The van der Waals surface area contributed by atoms with E-state index in [0.717, 1.165) is 16.7 Å². The van der Waals surface area contributed by atoms with Crippen molar-refractivity contribution < 1.29 is 18.7 Å². The molecule has 1 heterocycles. The number of benzene rings is 3. The molecule has 35 heavy (non-hydrogen) atoms. The van der Waals surface area contributed by atoms with Gasteiger partial charge in [-0.1, -0.05) is 72.8 Å². The van der Waals surface area contributed by atoms with Gasteiger partial charge in [-0.15, -0.1) is 0 Å². The number of carbonyl (C=O) groups excluding carboxylic acids is 2. The van der Waals surface area contributed by atoms with Gasteiger partial charge in [0.15, 0.2) is 0 Å². The molecule has 5 nitrogen and oxygen atoms in total. The Morgan fingerprint density at radius 3 is 2.14 bits per heavy atom. The predicted molar refractivity (Wildman–Crippen MR) is 133 cm³/mol. The van der Waals surface area contributed by atoms with E-state index < -0.39 is 0 Å². The van der Waals surface area contributed by atoms with Crippen LogP contribution in [0.4, 0.5) is 9.18 Å². The second-order valence-electron chi connectivity index (χ2n) is 9.08. The largest absolute Gasteiger partial charge is 0.445 e. The summed E-state index contributed by atoms with van der Waals surface area (Å²) in [4.78, 5) is 27.3. The smallest absolute Gasteiger partial charge is 0.410 e. The second-order valence-corrected chi connectivity index (χ2v) is 9.08. The zero-order valence-corrected chi connectivity index (χ0v) is 19.8. The molecule has 0 unspecified atom stereocenters. The summed E-state index contributed by atoms with van der Waals surface area (Å²) in [5, 5.41) is 3.02. The van der Waals surface area contributed by atoms with E-state index >= 15 is 0 Å². The molecule has 0 saturated carbocycles. The van der Waals surface area contributed by atoms with Crippen LogP contribution in [0.5, 0.6) is 0 Å². The standard InChI is InChI=1S/C29H31FN2O3/c30-26-13-11-23(12-14-26)15-18-31-27(33)21-29(25-9-5-2-6-10-25)16-19-32(20-17-29)28(34)35-22-24-7-3-1-4-8-24/h1-14H,15-22H2,(H,31,33). The van der Waals surface area contributed by atoms with Crippen molar-refractivity contribution in [1.29, 1.82) is 0 Å². The number of piperidine rings is 1. The highest BCUT2D eigenvalue weighted by Crippen LogP contribution is 2.39. The zero-order chi connectivity index (χ0) is 24.5. The average Bonchev–Trinajstić information content (AvgIpc) is 2.90. The second kappa shape index (κ2) is 11.6. The van der Waals surface area contributed by atoms with Crippen LogP contribution in [0.15, 0.2) is 84.9 Å². The first-order valence-corrected chi connectivity index (χ1v) is 12.1. The summed E-state index contributed by atoms with van der Waals surface area (Å²) in [6.45, 7) is 1.81. The van der Waals surface area contributed by atoms with E-state index in [9.17, 15) is 14.0 Å². The fraction of sp³-hybridized carbons (Fsp3) is 0.310. The molecule has 0 aromatic heterocycles. The van der Waals surface area contributed by atoms with Crippen LogP contribution in [0.1, 0.15) is 36.0 Å². The van der Waals surface area contributed by atoms with Crippen molar-refractivity contribution in [3.05, 3.63) is 107 Å². The molecule has 6 heteroatoms. The lowest BCUT2D eigenvalue weighted by Gasteiger charge is -2.41. The lowest BCUT2D eigenvalue weighted by atomic mass is 9.70. The van der Waals surface area contributed by atoms with Crippen LogP contribution < -0.4 is 5.32 Å². The molecule has 1 N–H and O–H groups in total. The van der Waals surface area contributed by atoms with Crippen molar-refractivity contribution in [2.24, 2.45) is 0 Å². The number of likely N-dealkylation sites (tertiary alicyclic amines) is 1. The van der Waals surface area contributed by atoms with E-state index in [2.05, 4.69) is 17.4 Å². The molecule has 0 bridgehead atoms. The SMILES string of the molecule is O=C(CC1(c2ccccc2)CCN(C(=O)OCc2ccccc2)CC1)NCCc1ccc(F)cc1. The minimum absolute atomic E-state index is 0.0175. The third-order valence-corrected chi connectivity index (χ3v) is 6.72. The van der Waals surface area contributed by atoms with Crippen molar-refractivity contribution in [2.45, 2.75) is 37.7 Å². The molecule has 0 aliphatic carbocycles. The van der Waals surface area contributed by atoms with Gasteiger partial charge in [0.05, 0.1) is 0 Å². The van der Waals surface area contributed by atoms with Gasteiger partial charge in [0.25, 0.3) is 0 Å². The van der Waals surface area contributed by atoms with Gasteiger partial charge in [-0.3, -0.25) is 4.79 Å². The van der Waals surface area contributed by atoms with E-state index in [-0.39, 0.29) is 29.8 Å². The molecule has 0 spiro atoms. The molecule has 1 saturated heterocycles. The Morgan fingerprint density at radius 1 is 0.857 bits per heavy atom. The zero-order valence-electron chi connectivity index (χ0n) is 19.8. The summed E-state index contributed by atoms with van der Waals surface area (Å²) in [5.74, 6) is -0.283. The Hall–Kier alpha value is -3.67. The molecular weight excluding hydrogens is 443 g/mol. The van der Waals surface area contributed by atoms with E-state index in [0.29, 0.717) is 45.3 Å². The Morgan fingerprint density at radius 2 is 1.49 bits per heavy atom. The number of nitrogens with one attached hydrogen (secondary N) is 1. The summed E-state index contributed by atoms with van der Waals surface area (Å²) < 4.78 is 18.6. The van der Waals surface area contributed by atoms with Crippen LogP contribution in [0.3, 0.4) is 0 Å². The molecule has 0 atom stereocenters. The normalized spacial score (nSPS) is 14.8. The highest BCUT2D eigenvalue weighted by molar-refractivity contribution is 5.78. The quantitative estimate of drug-likeness (QED) is 0.485. The first kappa shape index (κ1) is 24.5. The predicted octanol–water partition coefficient (Wildman–Crippen LogP) is 5.25. The molecule has 2 amide bonds. The minimum Gasteiger partial charge on any atom is -0.445 e. The summed E-state index contributed by atoms with van der Waals surface area (Å²) in [7, 11) is 0. The summed E-state index contributed by atoms with van der Waals surface area (Å²) in [5.41, 5.74) is 2.71. The number of hydrogen-bond donors (Lipinski definition) is 1. The first-order chi connectivity index (χ1) is 17.0. The molecule has 1 aliphatic heterocycles. The van der Waals surface area contributed by atoms with E-state index in [1.165, 1.54) is 12.1 Å². The van der Waals surface area contributed by atoms with Crippen molar-refractivity contribution >= 4 is 12.0 Å². The molecule has 3 aromatic rings. The van der Waals surface area contributed by atoms with Crippen molar-refractivity contribution in [2.75, 3.05) is 19.6 Å². The average molecular weight is 475 g/mol. The maximum absolute atomic E-state index is 13.1. The van der Waals surface area contributed by atoms with Gasteiger partial charge in [-0.05, 0) is 48.1 Å². The Kier molecular flexibility index (Phi) is 8.14. The van der Waals surface area contributed by atoms with Gasteiger partial charge in [0.1, 0.15) is 12.4 Å². The van der Waals surface area contributed by atoms with E-state index in [4.69, 9.17) is 4.74 Å². The summed E-state index contributed by atoms with van der Waals surface area (Å²) in [6.07, 6.45) is 2.05. The number of amides is 2. The molecular formula is C29H31FN2O3. The van der Waals surface area contributed by atoms with Crippen LogP contribution in [-0.2, 0) is 28.0 Å². The van der Waals surface area contributed by atoms with Crippen molar-refractivity contribution in [3.8, 4) is 0 Å².